The molecule has 0 N–H and O–H groups in total. The van der Waals surface area contributed by atoms with E-state index < -0.39 is 0 Å². The van der Waals surface area contributed by atoms with Crippen LogP contribution in [0.4, 0.5) is 0 Å². The minimum absolute atomic E-state index is 0.969. The number of unbranched alkanes of at least 4 members (excludes halogenated alkanes) is 4. The second-order valence-electron chi connectivity index (χ2n) is 5.48. The first-order chi connectivity index (χ1) is 9.74. The van der Waals surface area contributed by atoms with Crippen LogP contribution in [-0.4, -0.2) is 37.8 Å². The first kappa shape index (κ1) is 19.1. The molecule has 0 spiro atoms. The summed E-state index contributed by atoms with van der Waals surface area (Å²) < 4.78 is 0. The van der Waals surface area contributed by atoms with Crippen molar-refractivity contribution in [1.82, 2.24) is 4.90 Å². The van der Waals surface area contributed by atoms with E-state index in [1.165, 1.54) is 44.4 Å². The molecule has 0 radical (unpaired) electrons. The van der Waals surface area contributed by atoms with Crippen molar-refractivity contribution < 1.29 is 0 Å². The summed E-state index contributed by atoms with van der Waals surface area (Å²) in [6.45, 7) is 8.18. The van der Waals surface area contributed by atoms with E-state index in [1.807, 2.05) is 13.1 Å². The molecular formula is C18H34N2. The first-order valence-corrected chi connectivity index (χ1v) is 8.13. The van der Waals surface area contributed by atoms with Gasteiger partial charge in [-0.1, -0.05) is 50.8 Å². The Hall–Kier alpha value is -0.890. The lowest BCUT2D eigenvalue weighted by Gasteiger charge is -2.17. The van der Waals surface area contributed by atoms with E-state index >= 15 is 0 Å². The normalized spacial score (nSPS) is 12.5. The van der Waals surface area contributed by atoms with Crippen LogP contribution in [0.25, 0.3) is 0 Å². The average molecular weight is 278 g/mol. The molecule has 0 fully saturated rings. The van der Waals surface area contributed by atoms with Crippen molar-refractivity contribution in [2.45, 2.75) is 58.3 Å². The molecule has 20 heavy (non-hydrogen) atoms. The van der Waals surface area contributed by atoms with E-state index in [0.29, 0.717) is 0 Å². The highest BCUT2D eigenvalue weighted by Crippen LogP contribution is 2.04. The monoisotopic (exact) mass is 278 g/mol. The third-order valence-electron chi connectivity index (χ3n) is 3.48. The van der Waals surface area contributed by atoms with Gasteiger partial charge in [0.1, 0.15) is 0 Å². The summed E-state index contributed by atoms with van der Waals surface area (Å²) in [4.78, 5) is 6.83. The van der Waals surface area contributed by atoms with Gasteiger partial charge in [0.25, 0.3) is 0 Å². The SMILES string of the molecule is C=CCC=CCCC(CN(C)CCCCCCC)=NC. The highest BCUT2D eigenvalue weighted by molar-refractivity contribution is 5.86. The lowest BCUT2D eigenvalue weighted by Crippen LogP contribution is -2.27. The third-order valence-corrected chi connectivity index (χ3v) is 3.48. The second-order valence-corrected chi connectivity index (χ2v) is 5.48. The van der Waals surface area contributed by atoms with E-state index in [1.54, 1.807) is 0 Å². The zero-order valence-electron chi connectivity index (χ0n) is 13.9. The summed E-state index contributed by atoms with van der Waals surface area (Å²) in [6, 6.07) is 0. The number of hydrogen-bond acceptors (Lipinski definition) is 2. The van der Waals surface area contributed by atoms with Gasteiger partial charge in [-0.25, -0.2) is 0 Å². The number of allylic oxidation sites excluding steroid dienone is 3. The zero-order chi connectivity index (χ0) is 15.1. The summed E-state index contributed by atoms with van der Waals surface area (Å²) >= 11 is 0. The van der Waals surface area contributed by atoms with E-state index in [9.17, 15) is 0 Å². The quantitative estimate of drug-likeness (QED) is 0.266. The van der Waals surface area contributed by atoms with Crippen molar-refractivity contribution in [2.75, 3.05) is 27.2 Å². The van der Waals surface area contributed by atoms with Gasteiger partial charge in [0.2, 0.25) is 0 Å². The van der Waals surface area contributed by atoms with Crippen LogP contribution in [0.15, 0.2) is 29.8 Å². The summed E-state index contributed by atoms with van der Waals surface area (Å²) in [6.07, 6.45) is 16.2. The molecule has 116 valence electrons. The molecule has 0 atom stereocenters. The smallest absolute Gasteiger partial charge is 0.0360 e. The Morgan fingerprint density at radius 3 is 2.55 bits per heavy atom. The molecule has 0 aromatic rings. The molecule has 0 aliphatic rings. The van der Waals surface area contributed by atoms with Gasteiger partial charge in [0.05, 0.1) is 0 Å². The summed E-state index contributed by atoms with van der Waals surface area (Å²) in [5.41, 5.74) is 1.31. The molecule has 0 unspecified atom stereocenters. The molecule has 0 aromatic heterocycles. The molecule has 0 bridgehead atoms. The van der Waals surface area contributed by atoms with Gasteiger partial charge in [0.15, 0.2) is 0 Å². The fourth-order valence-electron chi connectivity index (χ4n) is 2.20. The summed E-state index contributed by atoms with van der Waals surface area (Å²) in [5, 5.41) is 0. The van der Waals surface area contributed by atoms with Crippen LogP contribution < -0.4 is 0 Å². The highest BCUT2D eigenvalue weighted by Gasteiger charge is 2.03. The van der Waals surface area contributed by atoms with Gasteiger partial charge in [-0.15, -0.1) is 6.58 Å². The zero-order valence-corrected chi connectivity index (χ0v) is 13.9. The Morgan fingerprint density at radius 2 is 1.90 bits per heavy atom. The molecule has 0 aromatic carbocycles. The van der Waals surface area contributed by atoms with Gasteiger partial charge in [-0.3, -0.25) is 4.99 Å². The number of rotatable bonds is 13. The second kappa shape index (κ2) is 14.5. The largest absolute Gasteiger partial charge is 0.301 e. The van der Waals surface area contributed by atoms with E-state index in [-0.39, 0.29) is 0 Å². The molecule has 0 saturated carbocycles. The molecule has 0 rings (SSSR count). The number of hydrogen-bond donors (Lipinski definition) is 0. The van der Waals surface area contributed by atoms with Crippen LogP contribution in [0.3, 0.4) is 0 Å². The van der Waals surface area contributed by atoms with Crippen LogP contribution in [0.1, 0.15) is 58.3 Å². The fourth-order valence-corrected chi connectivity index (χ4v) is 2.20. The molecule has 0 aliphatic carbocycles. The first-order valence-electron chi connectivity index (χ1n) is 8.13. The van der Waals surface area contributed by atoms with Gasteiger partial charge < -0.3 is 4.90 Å². The summed E-state index contributed by atoms with van der Waals surface area (Å²) in [7, 11) is 4.12. The molecule has 0 amide bonds. The summed E-state index contributed by atoms with van der Waals surface area (Å²) in [5.74, 6) is 0. The standard InChI is InChI=1S/C18H34N2/c1-5-7-9-11-13-15-18(19-3)17-20(4)16-14-12-10-8-6-2/h5,9,11H,1,6-8,10,12-17H2,2-4H3. The molecule has 2 heteroatoms. The lowest BCUT2D eigenvalue weighted by atomic mass is 10.1. The van der Waals surface area contributed by atoms with Crippen LogP contribution >= 0.6 is 0 Å². The minimum atomic E-state index is 0.969. The Bertz CT molecular complexity index is 279. The molecular weight excluding hydrogens is 244 g/mol. The fraction of sp³-hybridized carbons (Fsp3) is 0.722. The van der Waals surface area contributed by atoms with Crippen LogP contribution in [-0.2, 0) is 0 Å². The van der Waals surface area contributed by atoms with Crippen LogP contribution in [0.2, 0.25) is 0 Å². The van der Waals surface area contributed by atoms with Gasteiger partial charge >= 0.3 is 0 Å². The molecule has 0 aliphatic heterocycles. The van der Waals surface area contributed by atoms with E-state index in [2.05, 4.69) is 42.6 Å². The van der Waals surface area contributed by atoms with Crippen molar-refractivity contribution in [3.8, 4) is 0 Å². The van der Waals surface area contributed by atoms with Crippen molar-refractivity contribution >= 4 is 5.71 Å². The molecule has 2 nitrogen and oxygen atoms in total. The van der Waals surface area contributed by atoms with E-state index in [0.717, 1.165) is 25.8 Å². The average Bonchev–Trinajstić information content (AvgIpc) is 2.45. The van der Waals surface area contributed by atoms with Gasteiger partial charge in [-0.05, 0) is 39.3 Å². The lowest BCUT2D eigenvalue weighted by molar-refractivity contribution is 0.364. The van der Waals surface area contributed by atoms with Crippen molar-refractivity contribution in [1.29, 1.82) is 0 Å². The van der Waals surface area contributed by atoms with Crippen molar-refractivity contribution in [3.05, 3.63) is 24.8 Å². The van der Waals surface area contributed by atoms with Crippen molar-refractivity contribution in [2.24, 2.45) is 4.99 Å². The van der Waals surface area contributed by atoms with E-state index in [4.69, 9.17) is 0 Å². The van der Waals surface area contributed by atoms with Crippen LogP contribution in [0, 0.1) is 0 Å². The van der Waals surface area contributed by atoms with Gasteiger partial charge in [-0.2, -0.15) is 0 Å². The number of aliphatic imine (C=N–C) groups is 1. The Morgan fingerprint density at radius 1 is 1.15 bits per heavy atom. The third kappa shape index (κ3) is 12.2. The topological polar surface area (TPSA) is 15.6 Å². The number of nitrogens with zero attached hydrogens (tertiary/aromatic N) is 2. The Labute approximate surface area is 126 Å². The van der Waals surface area contributed by atoms with Gasteiger partial charge in [0, 0.05) is 19.3 Å². The maximum atomic E-state index is 4.42. The minimum Gasteiger partial charge on any atom is -0.301 e. The van der Waals surface area contributed by atoms with Crippen molar-refractivity contribution in [3.63, 3.8) is 0 Å². The highest BCUT2D eigenvalue weighted by atomic mass is 15.1. The van der Waals surface area contributed by atoms with Crippen LogP contribution in [0.5, 0.6) is 0 Å². The Balaban J connectivity index is 3.72. The molecule has 0 heterocycles. The maximum Gasteiger partial charge on any atom is 0.0360 e. The maximum absolute atomic E-state index is 4.42. The predicted molar refractivity (Wildman–Crippen MR) is 92.8 cm³/mol. The molecule has 0 saturated heterocycles. The predicted octanol–water partition coefficient (Wildman–Crippen LogP) is 4.87. The Kier molecular flexibility index (Phi) is 13.9.